The van der Waals surface area contributed by atoms with Gasteiger partial charge in [-0.2, -0.15) is 0 Å². The number of carbonyl (C=O) groups excluding carboxylic acids is 2. The summed E-state index contributed by atoms with van der Waals surface area (Å²) in [5, 5.41) is 0. The minimum absolute atomic E-state index is 0.0356. The normalized spacial score (nSPS) is 36.8. The summed E-state index contributed by atoms with van der Waals surface area (Å²) in [6, 6.07) is 0. The molecule has 0 unspecified atom stereocenters. The van der Waals surface area contributed by atoms with Gasteiger partial charge in [-0.15, -0.1) is 0 Å². The Morgan fingerprint density at radius 3 is 2.49 bits per heavy atom. The van der Waals surface area contributed by atoms with E-state index in [2.05, 4.69) is 39.0 Å². The van der Waals surface area contributed by atoms with E-state index in [0.29, 0.717) is 18.8 Å². The molecule has 0 spiro atoms. The Balaban J connectivity index is 1.77. The number of hydrogen-bond donors (Lipinski definition) is 0. The molecule has 37 heavy (non-hydrogen) atoms. The van der Waals surface area contributed by atoms with Gasteiger partial charge >= 0.3 is 11.9 Å². The van der Waals surface area contributed by atoms with Gasteiger partial charge in [0, 0.05) is 25.7 Å². The van der Waals surface area contributed by atoms with Gasteiger partial charge in [0.15, 0.2) is 0 Å². The highest BCUT2D eigenvalue weighted by Crippen LogP contribution is 2.32. The number of esters is 2. The SMILES string of the molecule is CCCC/C=C\C=C\[C@@H]1OC(=O)C[C@@H]2C[C@H](OC(C)=O)C[C@H](C[C@@H]3CCC[C@H](C[C@@H](C)/C=C/[C@@H]1C)O3)O2. The zero-order valence-electron chi connectivity index (χ0n) is 23.3. The summed E-state index contributed by atoms with van der Waals surface area (Å²) in [6.07, 6.45) is 21.6. The Bertz CT molecular complexity index is 802. The number of unbranched alkanes of at least 4 members (excludes halogenated alkanes) is 2. The lowest BCUT2D eigenvalue weighted by molar-refractivity contribution is -0.170. The van der Waals surface area contributed by atoms with Crippen LogP contribution in [0.5, 0.6) is 0 Å². The van der Waals surface area contributed by atoms with Crippen molar-refractivity contribution < 1.29 is 28.5 Å². The number of fused-ring (bicyclic) bond motifs is 4. The molecule has 3 aliphatic heterocycles. The van der Waals surface area contributed by atoms with E-state index in [0.717, 1.165) is 38.5 Å². The van der Waals surface area contributed by atoms with Crippen LogP contribution in [0.3, 0.4) is 0 Å². The lowest BCUT2D eigenvalue weighted by Crippen LogP contribution is -2.42. The summed E-state index contributed by atoms with van der Waals surface area (Å²) in [5.41, 5.74) is 0. The summed E-state index contributed by atoms with van der Waals surface area (Å²) < 4.78 is 24.4. The van der Waals surface area contributed by atoms with Gasteiger partial charge in [-0.05, 0) is 50.5 Å². The zero-order valence-corrected chi connectivity index (χ0v) is 23.3. The number of hydrogen-bond acceptors (Lipinski definition) is 6. The van der Waals surface area contributed by atoms with E-state index in [4.69, 9.17) is 18.9 Å². The summed E-state index contributed by atoms with van der Waals surface area (Å²) in [7, 11) is 0. The van der Waals surface area contributed by atoms with Gasteiger partial charge in [-0.3, -0.25) is 9.59 Å². The third kappa shape index (κ3) is 10.8. The molecule has 3 heterocycles. The highest BCUT2D eigenvalue weighted by atomic mass is 16.6. The van der Waals surface area contributed by atoms with E-state index in [1.165, 1.54) is 19.8 Å². The molecular weight excluding hydrogens is 468 g/mol. The second kappa shape index (κ2) is 15.5. The first kappa shape index (κ1) is 29.6. The molecule has 0 aliphatic carbocycles. The van der Waals surface area contributed by atoms with Gasteiger partial charge in [0.05, 0.1) is 30.8 Å². The van der Waals surface area contributed by atoms with Crippen LogP contribution < -0.4 is 0 Å². The summed E-state index contributed by atoms with van der Waals surface area (Å²) >= 11 is 0. The number of allylic oxidation sites excluding steroid dienone is 4. The van der Waals surface area contributed by atoms with Crippen molar-refractivity contribution in [1.82, 2.24) is 0 Å². The van der Waals surface area contributed by atoms with Gasteiger partial charge < -0.3 is 18.9 Å². The predicted octanol–water partition coefficient (Wildman–Crippen LogP) is 6.63. The molecule has 3 rings (SSSR count). The molecule has 0 aromatic rings. The third-order valence-corrected chi connectivity index (χ3v) is 7.56. The quantitative estimate of drug-likeness (QED) is 0.171. The van der Waals surface area contributed by atoms with Crippen molar-refractivity contribution in [1.29, 1.82) is 0 Å². The molecule has 0 amide bonds. The zero-order chi connectivity index (χ0) is 26.6. The van der Waals surface area contributed by atoms with E-state index < -0.39 is 0 Å². The molecule has 2 saturated heterocycles. The minimum atomic E-state index is -0.362. The van der Waals surface area contributed by atoms with Crippen molar-refractivity contribution in [2.75, 3.05) is 0 Å². The van der Waals surface area contributed by atoms with Crippen LogP contribution in [0.25, 0.3) is 0 Å². The molecule has 3 aliphatic rings. The second-order valence-corrected chi connectivity index (χ2v) is 11.2. The summed E-state index contributed by atoms with van der Waals surface area (Å²) in [6.45, 7) is 7.94. The highest BCUT2D eigenvalue weighted by Gasteiger charge is 2.36. The van der Waals surface area contributed by atoms with Crippen molar-refractivity contribution in [2.45, 2.75) is 135 Å². The maximum atomic E-state index is 13.1. The Morgan fingerprint density at radius 1 is 1.00 bits per heavy atom. The molecular formula is C31H48O6. The Hall–Kier alpha value is -1.92. The predicted molar refractivity (Wildman–Crippen MR) is 145 cm³/mol. The van der Waals surface area contributed by atoms with Crippen LogP contribution in [0.15, 0.2) is 36.5 Å². The van der Waals surface area contributed by atoms with Crippen LogP contribution >= 0.6 is 0 Å². The molecule has 2 fully saturated rings. The lowest BCUT2D eigenvalue weighted by atomic mass is 9.90. The van der Waals surface area contributed by atoms with Crippen LogP contribution in [-0.2, 0) is 28.5 Å². The molecule has 0 aromatic heterocycles. The van der Waals surface area contributed by atoms with E-state index in [-0.39, 0.29) is 60.9 Å². The average Bonchev–Trinajstić information content (AvgIpc) is 2.83. The molecule has 0 saturated carbocycles. The maximum Gasteiger partial charge on any atom is 0.309 e. The van der Waals surface area contributed by atoms with Gasteiger partial charge in [0.1, 0.15) is 12.2 Å². The van der Waals surface area contributed by atoms with Crippen molar-refractivity contribution in [3.05, 3.63) is 36.5 Å². The number of carbonyl (C=O) groups is 2. The maximum absolute atomic E-state index is 13.1. The van der Waals surface area contributed by atoms with E-state index in [1.807, 2.05) is 18.2 Å². The van der Waals surface area contributed by atoms with Crippen LogP contribution in [0.2, 0.25) is 0 Å². The van der Waals surface area contributed by atoms with Gasteiger partial charge in [-0.1, -0.05) is 64.0 Å². The van der Waals surface area contributed by atoms with E-state index in [1.54, 1.807) is 0 Å². The van der Waals surface area contributed by atoms with Crippen LogP contribution in [0.1, 0.15) is 98.3 Å². The molecule has 208 valence electrons. The minimum Gasteiger partial charge on any atom is -0.462 e. The number of ether oxygens (including phenoxy) is 4. The first-order valence-electron chi connectivity index (χ1n) is 14.5. The first-order valence-corrected chi connectivity index (χ1v) is 14.5. The van der Waals surface area contributed by atoms with Crippen LogP contribution in [0.4, 0.5) is 0 Å². The van der Waals surface area contributed by atoms with E-state index >= 15 is 0 Å². The molecule has 6 heteroatoms. The molecule has 0 aromatic carbocycles. The monoisotopic (exact) mass is 516 g/mol. The second-order valence-electron chi connectivity index (χ2n) is 11.2. The van der Waals surface area contributed by atoms with Gasteiger partial charge in [-0.25, -0.2) is 0 Å². The molecule has 4 bridgehead atoms. The summed E-state index contributed by atoms with van der Waals surface area (Å²) in [4.78, 5) is 24.8. The fourth-order valence-corrected chi connectivity index (χ4v) is 5.65. The van der Waals surface area contributed by atoms with Crippen molar-refractivity contribution >= 4 is 11.9 Å². The van der Waals surface area contributed by atoms with Crippen LogP contribution in [0, 0.1) is 11.8 Å². The van der Waals surface area contributed by atoms with Crippen molar-refractivity contribution in [2.24, 2.45) is 11.8 Å². The topological polar surface area (TPSA) is 71.1 Å². The number of rotatable bonds is 6. The fraction of sp³-hybridized carbons (Fsp3) is 0.742. The molecule has 0 N–H and O–H groups in total. The van der Waals surface area contributed by atoms with Crippen molar-refractivity contribution in [3.63, 3.8) is 0 Å². The lowest BCUT2D eigenvalue weighted by Gasteiger charge is -2.38. The molecule has 6 nitrogen and oxygen atoms in total. The third-order valence-electron chi connectivity index (χ3n) is 7.56. The standard InChI is InChI=1S/C31H48O6/c1-5-6-7-8-9-10-14-30-23(3)16-15-22(2)17-25-12-11-13-26(35-25)18-28-19-27(34-24(4)32)20-29(36-28)21-31(33)37-30/h8-10,14-16,22-23,25-30H,5-7,11-13,17-21H2,1-4H3/b9-8-,14-10+,16-15+/t22-,23-,25+,26-,27+,28-,29-,30-/m0/s1. The van der Waals surface area contributed by atoms with Crippen molar-refractivity contribution in [3.8, 4) is 0 Å². The first-order chi connectivity index (χ1) is 17.8. The fourth-order valence-electron chi connectivity index (χ4n) is 5.65. The smallest absolute Gasteiger partial charge is 0.309 e. The average molecular weight is 517 g/mol. The largest absolute Gasteiger partial charge is 0.462 e. The number of cyclic esters (lactones) is 1. The van der Waals surface area contributed by atoms with E-state index in [9.17, 15) is 9.59 Å². The molecule has 0 radical (unpaired) electrons. The Labute approximate surface area is 223 Å². The summed E-state index contributed by atoms with van der Waals surface area (Å²) in [5.74, 6) is -0.174. The van der Waals surface area contributed by atoms with Gasteiger partial charge in [0.2, 0.25) is 0 Å². The Kier molecular flexibility index (Phi) is 12.4. The van der Waals surface area contributed by atoms with Gasteiger partial charge in [0.25, 0.3) is 0 Å². The highest BCUT2D eigenvalue weighted by molar-refractivity contribution is 5.70. The molecule has 8 atom stereocenters. The Morgan fingerprint density at radius 2 is 1.73 bits per heavy atom. The van der Waals surface area contributed by atoms with Crippen LogP contribution in [-0.4, -0.2) is 48.6 Å².